The molecule has 0 aliphatic carbocycles. The lowest BCUT2D eigenvalue weighted by molar-refractivity contribution is 0.0677. The van der Waals surface area contributed by atoms with Crippen LogP contribution in [0.5, 0.6) is 0 Å². The molecule has 1 aromatic rings. The Kier molecular flexibility index (Phi) is 2.52. The summed E-state index contributed by atoms with van der Waals surface area (Å²) in [4.78, 5) is 18.6. The maximum Gasteiger partial charge on any atom is 0.256 e. The van der Waals surface area contributed by atoms with Crippen molar-refractivity contribution in [2.24, 2.45) is 4.99 Å². The second-order valence-electron chi connectivity index (χ2n) is 4.53. The summed E-state index contributed by atoms with van der Waals surface area (Å²) in [6.07, 6.45) is 1.63. The highest BCUT2D eigenvalue weighted by Crippen LogP contribution is 2.31. The predicted octanol–water partition coefficient (Wildman–Crippen LogP) is 1.80. The van der Waals surface area contributed by atoms with E-state index in [9.17, 15) is 4.79 Å². The van der Waals surface area contributed by atoms with Crippen LogP contribution >= 0.6 is 0 Å². The highest BCUT2D eigenvalue weighted by molar-refractivity contribution is 6.03. The number of ether oxygens (including phenoxy) is 1. The van der Waals surface area contributed by atoms with E-state index in [1.54, 1.807) is 24.3 Å². The molecule has 0 aromatic heterocycles. The summed E-state index contributed by atoms with van der Waals surface area (Å²) in [6.45, 7) is 4.50. The molecule has 2 atom stereocenters. The van der Waals surface area contributed by atoms with E-state index in [0.29, 0.717) is 12.1 Å². The van der Waals surface area contributed by atoms with Crippen molar-refractivity contribution in [3.8, 4) is 0 Å². The standard InChI is InChI=1S/C14H14N2O2/c1-9-8-16-12(13(9)18-2)7-15-11-6-4-3-5-10(11)14(16)17/h3-7,12-13H,1,8H2,2H3. The van der Waals surface area contributed by atoms with E-state index in [0.717, 1.165) is 11.3 Å². The van der Waals surface area contributed by atoms with Gasteiger partial charge in [0, 0.05) is 19.9 Å². The molecular formula is C14H14N2O2. The Morgan fingerprint density at radius 1 is 1.44 bits per heavy atom. The fourth-order valence-electron chi connectivity index (χ4n) is 2.57. The number of rotatable bonds is 1. The summed E-state index contributed by atoms with van der Waals surface area (Å²) >= 11 is 0. The van der Waals surface area contributed by atoms with Crippen molar-refractivity contribution in [3.05, 3.63) is 42.0 Å². The van der Waals surface area contributed by atoms with Crippen molar-refractivity contribution >= 4 is 17.8 Å². The lowest BCUT2D eigenvalue weighted by Gasteiger charge is -2.22. The first-order chi connectivity index (χ1) is 8.72. The number of benzene rings is 1. The van der Waals surface area contributed by atoms with Crippen LogP contribution in [0.4, 0.5) is 5.69 Å². The van der Waals surface area contributed by atoms with Gasteiger partial charge in [0.15, 0.2) is 0 Å². The zero-order valence-electron chi connectivity index (χ0n) is 10.2. The molecule has 3 rings (SSSR count). The molecule has 2 aliphatic heterocycles. The van der Waals surface area contributed by atoms with E-state index in [1.807, 2.05) is 18.2 Å². The molecule has 0 spiro atoms. The van der Waals surface area contributed by atoms with Crippen molar-refractivity contribution in [1.29, 1.82) is 0 Å². The molecule has 2 unspecified atom stereocenters. The smallest absolute Gasteiger partial charge is 0.256 e. The highest BCUT2D eigenvalue weighted by Gasteiger charge is 2.40. The van der Waals surface area contributed by atoms with Crippen LogP contribution in [0.15, 0.2) is 41.4 Å². The zero-order chi connectivity index (χ0) is 12.7. The lowest BCUT2D eigenvalue weighted by Crippen LogP contribution is -2.40. The van der Waals surface area contributed by atoms with Crippen LogP contribution in [0, 0.1) is 0 Å². The van der Waals surface area contributed by atoms with Crippen LogP contribution < -0.4 is 0 Å². The summed E-state index contributed by atoms with van der Waals surface area (Å²) in [7, 11) is 1.63. The highest BCUT2D eigenvalue weighted by atomic mass is 16.5. The van der Waals surface area contributed by atoms with E-state index >= 15 is 0 Å². The topological polar surface area (TPSA) is 41.9 Å². The summed E-state index contributed by atoms with van der Waals surface area (Å²) < 4.78 is 5.41. The predicted molar refractivity (Wildman–Crippen MR) is 69.4 cm³/mol. The Morgan fingerprint density at radius 3 is 3.00 bits per heavy atom. The Morgan fingerprint density at radius 2 is 2.22 bits per heavy atom. The van der Waals surface area contributed by atoms with Gasteiger partial charge < -0.3 is 9.64 Å². The fraction of sp³-hybridized carbons (Fsp3) is 0.286. The fourth-order valence-corrected chi connectivity index (χ4v) is 2.57. The summed E-state index contributed by atoms with van der Waals surface area (Å²) in [5, 5.41) is 0. The molecule has 1 aromatic carbocycles. The quantitative estimate of drug-likeness (QED) is 0.705. The number of carbonyl (C=O) groups excluding carboxylic acids is 1. The van der Waals surface area contributed by atoms with E-state index < -0.39 is 0 Å². The second kappa shape index (κ2) is 4.07. The van der Waals surface area contributed by atoms with Gasteiger partial charge in [0.1, 0.15) is 6.10 Å². The van der Waals surface area contributed by atoms with Gasteiger partial charge in [-0.2, -0.15) is 0 Å². The van der Waals surface area contributed by atoms with Crippen LogP contribution in [0.25, 0.3) is 0 Å². The third kappa shape index (κ3) is 1.49. The molecule has 1 saturated heterocycles. The Balaban J connectivity index is 2.07. The molecule has 0 bridgehead atoms. The Hall–Kier alpha value is -1.94. The monoisotopic (exact) mass is 242 g/mol. The van der Waals surface area contributed by atoms with Crippen LogP contribution in [-0.2, 0) is 4.74 Å². The Bertz CT molecular complexity index is 550. The number of fused-ring (bicyclic) bond motifs is 2. The van der Waals surface area contributed by atoms with E-state index in [2.05, 4.69) is 11.6 Å². The first-order valence-electron chi connectivity index (χ1n) is 5.87. The second-order valence-corrected chi connectivity index (χ2v) is 4.53. The summed E-state index contributed by atoms with van der Waals surface area (Å²) in [6, 6.07) is 7.24. The number of amides is 1. The van der Waals surface area contributed by atoms with Gasteiger partial charge >= 0.3 is 0 Å². The molecule has 4 heteroatoms. The number of hydrogen-bond acceptors (Lipinski definition) is 3. The molecule has 2 aliphatic rings. The van der Waals surface area contributed by atoms with Crippen molar-refractivity contribution in [2.45, 2.75) is 12.1 Å². The van der Waals surface area contributed by atoms with Gasteiger partial charge in [-0.3, -0.25) is 9.79 Å². The van der Waals surface area contributed by atoms with Crippen LogP contribution in [0.3, 0.4) is 0 Å². The summed E-state index contributed by atoms with van der Waals surface area (Å²) in [5.74, 6) is -0.00574. The minimum atomic E-state index is -0.160. The van der Waals surface area contributed by atoms with Crippen molar-refractivity contribution in [1.82, 2.24) is 4.90 Å². The molecule has 1 fully saturated rings. The third-order valence-electron chi connectivity index (χ3n) is 3.46. The summed E-state index contributed by atoms with van der Waals surface area (Å²) in [5.41, 5.74) is 2.28. The lowest BCUT2D eigenvalue weighted by atomic mass is 10.1. The maximum absolute atomic E-state index is 12.5. The molecular weight excluding hydrogens is 228 g/mol. The largest absolute Gasteiger partial charge is 0.374 e. The number of hydrogen-bond donors (Lipinski definition) is 0. The van der Waals surface area contributed by atoms with Gasteiger partial charge in [-0.25, -0.2) is 0 Å². The van der Waals surface area contributed by atoms with Gasteiger partial charge in [-0.05, 0) is 17.7 Å². The van der Waals surface area contributed by atoms with Crippen LogP contribution in [-0.4, -0.2) is 42.8 Å². The van der Waals surface area contributed by atoms with E-state index in [4.69, 9.17) is 4.74 Å². The average molecular weight is 242 g/mol. The molecule has 4 nitrogen and oxygen atoms in total. The number of nitrogens with zero attached hydrogens (tertiary/aromatic N) is 2. The van der Waals surface area contributed by atoms with Gasteiger partial charge in [0.2, 0.25) is 0 Å². The first kappa shape index (κ1) is 11.2. The van der Waals surface area contributed by atoms with Crippen molar-refractivity contribution < 1.29 is 9.53 Å². The van der Waals surface area contributed by atoms with Gasteiger partial charge in [-0.1, -0.05) is 18.7 Å². The normalized spacial score (nSPS) is 25.9. The molecule has 0 radical (unpaired) electrons. The number of carbonyl (C=O) groups is 1. The molecule has 0 saturated carbocycles. The van der Waals surface area contributed by atoms with Gasteiger partial charge in [0.05, 0.1) is 17.3 Å². The Labute approximate surface area is 106 Å². The number of para-hydroxylation sites is 1. The minimum absolute atomic E-state index is 0.00574. The number of aliphatic imine (C=N–C) groups is 1. The van der Waals surface area contributed by atoms with Gasteiger partial charge in [0.25, 0.3) is 5.91 Å². The van der Waals surface area contributed by atoms with Crippen molar-refractivity contribution in [3.63, 3.8) is 0 Å². The third-order valence-corrected chi connectivity index (χ3v) is 3.46. The molecule has 2 heterocycles. The molecule has 0 N–H and O–H groups in total. The van der Waals surface area contributed by atoms with E-state index in [-0.39, 0.29) is 18.1 Å². The van der Waals surface area contributed by atoms with Crippen LogP contribution in [0.1, 0.15) is 10.4 Å². The molecule has 92 valence electrons. The molecule has 1 amide bonds. The zero-order valence-corrected chi connectivity index (χ0v) is 10.2. The minimum Gasteiger partial charge on any atom is -0.374 e. The van der Waals surface area contributed by atoms with Gasteiger partial charge in [-0.15, -0.1) is 0 Å². The van der Waals surface area contributed by atoms with Crippen molar-refractivity contribution in [2.75, 3.05) is 13.7 Å². The average Bonchev–Trinajstić information content (AvgIpc) is 2.65. The number of methoxy groups -OCH3 is 1. The SMILES string of the molecule is C=C1CN2C(=O)c3ccccc3N=CC2C1OC. The maximum atomic E-state index is 12.5. The first-order valence-corrected chi connectivity index (χ1v) is 5.87. The van der Waals surface area contributed by atoms with E-state index in [1.165, 1.54) is 0 Å². The molecule has 18 heavy (non-hydrogen) atoms. The van der Waals surface area contributed by atoms with Crippen LogP contribution in [0.2, 0.25) is 0 Å².